The van der Waals surface area contributed by atoms with Crippen molar-refractivity contribution in [1.29, 1.82) is 0 Å². The molecule has 2 aromatic carbocycles. The van der Waals surface area contributed by atoms with Crippen molar-refractivity contribution in [2.75, 3.05) is 13.7 Å². The number of carbonyl (C=O) groups is 1. The van der Waals surface area contributed by atoms with Gasteiger partial charge in [-0.3, -0.25) is 4.79 Å². The van der Waals surface area contributed by atoms with E-state index in [0.717, 1.165) is 11.5 Å². The highest BCUT2D eigenvalue weighted by atomic mass is 27.2. The minimum Gasteiger partial charge on any atom is -0.612 e. The van der Waals surface area contributed by atoms with Gasteiger partial charge in [0.1, 0.15) is 5.75 Å². The molecule has 0 aliphatic rings. The molecule has 0 unspecified atom stereocenters. The molecule has 0 N–H and O–H groups in total. The smallest absolute Gasteiger partial charge is 0.612 e. The molecule has 0 radical (unpaired) electrons. The van der Waals surface area contributed by atoms with Gasteiger partial charge in [0.25, 0.3) is 0 Å². The normalized spacial score (nSPS) is 11.6. The van der Waals surface area contributed by atoms with Gasteiger partial charge in [-0.15, -0.1) is 0 Å². The van der Waals surface area contributed by atoms with E-state index in [1.54, 1.807) is 7.11 Å². The molecule has 154 valence electrons. The minimum atomic E-state index is -2.06. The van der Waals surface area contributed by atoms with Crippen molar-refractivity contribution in [1.82, 2.24) is 0 Å². The van der Waals surface area contributed by atoms with Gasteiger partial charge in [-0.25, -0.2) is 0 Å². The summed E-state index contributed by atoms with van der Waals surface area (Å²) in [6.45, 7) is 8.10. The van der Waals surface area contributed by atoms with Gasteiger partial charge in [-0.05, 0) is 55.0 Å². The van der Waals surface area contributed by atoms with Gasteiger partial charge in [0.2, 0.25) is 5.95 Å². The number of hydrogen-bond donors (Lipinski definition) is 0. The lowest BCUT2D eigenvalue weighted by molar-refractivity contribution is -0.113. The Balaban J connectivity index is 2.07. The Hall–Kier alpha value is -2.42. The van der Waals surface area contributed by atoms with E-state index in [-0.39, 0.29) is 17.1 Å². The summed E-state index contributed by atoms with van der Waals surface area (Å²) < 4.78 is 22.3. The van der Waals surface area contributed by atoms with Crippen molar-refractivity contribution in [3.63, 3.8) is 0 Å². The monoisotopic (exact) mass is 412 g/mol. The summed E-state index contributed by atoms with van der Waals surface area (Å²) in [5.74, 6) is 3.56. The van der Waals surface area contributed by atoms with Crippen LogP contribution in [0.1, 0.15) is 38.8 Å². The highest BCUT2D eigenvalue weighted by Gasteiger charge is 2.27. The SMILES string of the molecule is CCO/C(=C/C(C)=O)[O][Al]([CH3])[O]c1ccc(C(C)(C)c2ccc(OC)cc2)cc1. The number of allylic oxidation sites excluding steroid dienone is 1. The van der Waals surface area contributed by atoms with E-state index < -0.39 is 14.8 Å². The zero-order valence-corrected chi connectivity index (χ0v) is 19.2. The third-order valence-electron chi connectivity index (χ3n) is 4.58. The van der Waals surface area contributed by atoms with E-state index >= 15 is 0 Å². The summed E-state index contributed by atoms with van der Waals surface area (Å²) in [5.41, 5.74) is 2.22. The summed E-state index contributed by atoms with van der Waals surface area (Å²) in [6.07, 6.45) is 1.34. The molecule has 0 saturated heterocycles. The second-order valence-corrected chi connectivity index (χ2v) is 8.79. The highest BCUT2D eigenvalue weighted by molar-refractivity contribution is 6.43. The van der Waals surface area contributed by atoms with Crippen LogP contribution in [0.4, 0.5) is 0 Å². The van der Waals surface area contributed by atoms with E-state index in [1.807, 2.05) is 37.0 Å². The molecule has 0 saturated carbocycles. The number of ketones is 1. The number of rotatable bonds is 10. The van der Waals surface area contributed by atoms with Crippen LogP contribution >= 0.6 is 0 Å². The maximum Gasteiger partial charge on any atom is 0.855 e. The fraction of sp³-hybridized carbons (Fsp3) is 0.348. The molecule has 0 atom stereocenters. The summed E-state index contributed by atoms with van der Waals surface area (Å²) in [4.78, 5) is 11.3. The van der Waals surface area contributed by atoms with Crippen LogP contribution in [-0.2, 0) is 18.7 Å². The van der Waals surface area contributed by atoms with Crippen molar-refractivity contribution in [2.45, 2.75) is 38.9 Å². The third kappa shape index (κ3) is 6.56. The van der Waals surface area contributed by atoms with E-state index in [9.17, 15) is 4.79 Å². The molecule has 6 heteroatoms. The van der Waals surface area contributed by atoms with Crippen molar-refractivity contribution >= 4 is 20.6 Å². The summed E-state index contributed by atoms with van der Waals surface area (Å²) in [7, 11) is 1.67. The Morgan fingerprint density at radius 1 is 1.00 bits per heavy atom. The maximum atomic E-state index is 11.3. The number of hydrogen-bond acceptors (Lipinski definition) is 5. The first kappa shape index (κ1) is 22.9. The zero-order valence-electron chi connectivity index (χ0n) is 18.0. The minimum absolute atomic E-state index is 0.125. The van der Waals surface area contributed by atoms with Gasteiger partial charge in [-0.2, -0.15) is 0 Å². The standard InChI is InChI=1S/C16H18O2.C6H10O3.CH3.Al/c1-16(2,12-4-8-14(17)9-5-12)13-6-10-15(18-3)11-7-13;1-3-9-6(8)4-5(2)7;;/h4-11,17H,1-3H3;4,8H,3H2,1-2H3;1H3;/q;;;+2/p-2/b;6-4+;;. The molecule has 0 aliphatic carbocycles. The third-order valence-corrected chi connectivity index (χ3v) is 5.75. The number of benzene rings is 2. The first-order valence-corrected chi connectivity index (χ1v) is 11.8. The average Bonchev–Trinajstić information content (AvgIpc) is 2.68. The van der Waals surface area contributed by atoms with Crippen molar-refractivity contribution in [3.05, 3.63) is 71.7 Å². The molecule has 2 aromatic rings. The molecule has 29 heavy (non-hydrogen) atoms. The first-order chi connectivity index (χ1) is 13.8. The van der Waals surface area contributed by atoms with Crippen LogP contribution in [0.5, 0.6) is 11.5 Å². The fourth-order valence-electron chi connectivity index (χ4n) is 2.92. The topological polar surface area (TPSA) is 54.0 Å². The summed E-state index contributed by atoms with van der Waals surface area (Å²) >= 11 is -2.06. The van der Waals surface area contributed by atoms with Gasteiger partial charge in [-0.1, -0.05) is 38.1 Å². The molecule has 0 fully saturated rings. The van der Waals surface area contributed by atoms with Gasteiger partial charge in [0.15, 0.2) is 5.78 Å². The van der Waals surface area contributed by atoms with Crippen LogP contribution in [-0.4, -0.2) is 34.3 Å². The molecular formula is C23H29AlO5. The second-order valence-electron chi connectivity index (χ2n) is 7.19. The lowest BCUT2D eigenvalue weighted by Gasteiger charge is -2.26. The van der Waals surface area contributed by atoms with E-state index in [4.69, 9.17) is 17.1 Å². The molecule has 0 spiro atoms. The fourth-order valence-corrected chi connectivity index (χ4v) is 3.97. The summed E-state index contributed by atoms with van der Waals surface area (Å²) in [5, 5.41) is 0. The Bertz CT molecular complexity index is 825. The van der Waals surface area contributed by atoms with Crippen LogP contribution in [0.25, 0.3) is 0 Å². The predicted molar refractivity (Wildman–Crippen MR) is 115 cm³/mol. The van der Waals surface area contributed by atoms with Crippen LogP contribution < -0.4 is 8.53 Å². The van der Waals surface area contributed by atoms with E-state index in [1.165, 1.54) is 24.1 Å². The van der Waals surface area contributed by atoms with Gasteiger partial charge < -0.3 is 17.1 Å². The van der Waals surface area contributed by atoms with Gasteiger partial charge in [0, 0.05) is 5.41 Å². The molecule has 0 heterocycles. The molecular weight excluding hydrogens is 383 g/mol. The average molecular weight is 412 g/mol. The first-order valence-electron chi connectivity index (χ1n) is 9.69. The van der Waals surface area contributed by atoms with Crippen LogP contribution in [0.2, 0.25) is 5.79 Å². The van der Waals surface area contributed by atoms with Crippen LogP contribution in [0.15, 0.2) is 60.6 Å². The predicted octanol–water partition coefficient (Wildman–Crippen LogP) is 5.00. The van der Waals surface area contributed by atoms with Gasteiger partial charge in [0.05, 0.1) is 25.5 Å². The van der Waals surface area contributed by atoms with Crippen LogP contribution in [0, 0.1) is 0 Å². The lowest BCUT2D eigenvalue weighted by Crippen LogP contribution is -2.23. The molecule has 0 aromatic heterocycles. The molecule has 5 nitrogen and oxygen atoms in total. The van der Waals surface area contributed by atoms with Crippen molar-refractivity contribution in [2.24, 2.45) is 0 Å². The highest BCUT2D eigenvalue weighted by Crippen LogP contribution is 2.33. The van der Waals surface area contributed by atoms with Crippen molar-refractivity contribution < 1.29 is 21.8 Å². The van der Waals surface area contributed by atoms with Gasteiger partial charge >= 0.3 is 14.8 Å². The zero-order chi connectivity index (χ0) is 21.4. The second kappa shape index (κ2) is 10.4. The Kier molecular flexibility index (Phi) is 8.19. The quantitative estimate of drug-likeness (QED) is 0.312. The van der Waals surface area contributed by atoms with Crippen LogP contribution in [0.3, 0.4) is 0 Å². The molecule has 0 aliphatic heterocycles. The van der Waals surface area contributed by atoms with E-state index in [2.05, 4.69) is 38.1 Å². The Morgan fingerprint density at radius 2 is 1.52 bits per heavy atom. The molecule has 0 amide bonds. The Labute approximate surface area is 178 Å². The number of methoxy groups -OCH3 is 1. The largest absolute Gasteiger partial charge is 0.855 e. The van der Waals surface area contributed by atoms with E-state index in [0.29, 0.717) is 6.61 Å². The number of ether oxygens (including phenoxy) is 2. The maximum absolute atomic E-state index is 11.3. The van der Waals surface area contributed by atoms with Crippen molar-refractivity contribution in [3.8, 4) is 11.5 Å². The lowest BCUT2D eigenvalue weighted by atomic mass is 9.78. The summed E-state index contributed by atoms with van der Waals surface area (Å²) in [6, 6.07) is 16.1. The molecule has 0 bridgehead atoms. The molecule has 2 rings (SSSR count). The Morgan fingerprint density at radius 3 is 1.97 bits per heavy atom. The number of carbonyl (C=O) groups excluding carboxylic acids is 1.